The monoisotopic (exact) mass is 309 g/mol. The maximum atomic E-state index is 11.9. The highest BCUT2D eigenvalue weighted by Gasteiger charge is 2.25. The van der Waals surface area contributed by atoms with E-state index in [1.165, 1.54) is 33.5 Å². The van der Waals surface area contributed by atoms with Gasteiger partial charge in [0.25, 0.3) is 0 Å². The summed E-state index contributed by atoms with van der Waals surface area (Å²) in [7, 11) is 5.56. The van der Waals surface area contributed by atoms with Crippen LogP contribution in [0.3, 0.4) is 0 Å². The van der Waals surface area contributed by atoms with Gasteiger partial charge in [-0.3, -0.25) is 4.79 Å². The first-order valence-electron chi connectivity index (χ1n) is 6.48. The largest absolute Gasteiger partial charge is 0.469 e. The van der Waals surface area contributed by atoms with E-state index in [0.717, 1.165) is 0 Å². The molecule has 0 spiro atoms. The molecular formula is C15H19NO6. The minimum Gasteiger partial charge on any atom is -0.469 e. The quantitative estimate of drug-likeness (QED) is 0.417. The SMILES string of the molecule is COC(=O)/C=C/C1=C(CC(=O)OC)C(C(=O)OC)=CN(C)C1. The van der Waals surface area contributed by atoms with Gasteiger partial charge in [0.05, 0.1) is 33.3 Å². The third-order valence-corrected chi connectivity index (χ3v) is 3.06. The molecule has 0 bridgehead atoms. The van der Waals surface area contributed by atoms with Crippen molar-refractivity contribution in [2.24, 2.45) is 0 Å². The lowest BCUT2D eigenvalue weighted by molar-refractivity contribution is -0.139. The summed E-state index contributed by atoms with van der Waals surface area (Å²) in [6.45, 7) is 0.431. The summed E-state index contributed by atoms with van der Waals surface area (Å²) in [4.78, 5) is 36.5. The Morgan fingerprint density at radius 1 is 1.18 bits per heavy atom. The van der Waals surface area contributed by atoms with Crippen molar-refractivity contribution >= 4 is 17.9 Å². The molecule has 0 aromatic carbocycles. The van der Waals surface area contributed by atoms with E-state index in [2.05, 4.69) is 9.47 Å². The molecule has 1 rings (SSSR count). The molecule has 0 fully saturated rings. The molecule has 22 heavy (non-hydrogen) atoms. The van der Waals surface area contributed by atoms with Gasteiger partial charge in [-0.25, -0.2) is 9.59 Å². The van der Waals surface area contributed by atoms with Gasteiger partial charge in [-0.2, -0.15) is 0 Å². The Kier molecular flexibility index (Phi) is 6.37. The molecule has 120 valence electrons. The molecule has 0 saturated carbocycles. The third-order valence-electron chi connectivity index (χ3n) is 3.06. The molecule has 0 radical (unpaired) electrons. The van der Waals surface area contributed by atoms with Crippen LogP contribution < -0.4 is 0 Å². The first kappa shape index (κ1) is 17.5. The van der Waals surface area contributed by atoms with Crippen LogP contribution in [0.5, 0.6) is 0 Å². The predicted octanol–water partition coefficient (Wildman–Crippen LogP) is 0.578. The summed E-state index contributed by atoms with van der Waals surface area (Å²) >= 11 is 0. The summed E-state index contributed by atoms with van der Waals surface area (Å²) < 4.78 is 13.9. The van der Waals surface area contributed by atoms with Crippen molar-refractivity contribution in [1.29, 1.82) is 0 Å². The number of ether oxygens (including phenoxy) is 3. The van der Waals surface area contributed by atoms with Crippen LogP contribution >= 0.6 is 0 Å². The zero-order chi connectivity index (χ0) is 16.7. The van der Waals surface area contributed by atoms with Crippen LogP contribution in [-0.2, 0) is 28.6 Å². The Bertz CT molecular complexity index is 558. The molecule has 0 saturated heterocycles. The summed E-state index contributed by atoms with van der Waals surface area (Å²) in [5.74, 6) is -1.57. The van der Waals surface area contributed by atoms with Crippen molar-refractivity contribution in [1.82, 2.24) is 4.90 Å². The number of carbonyl (C=O) groups is 3. The number of methoxy groups -OCH3 is 3. The lowest BCUT2D eigenvalue weighted by atomic mass is 9.94. The Balaban J connectivity index is 3.27. The molecule has 1 heterocycles. The summed E-state index contributed by atoms with van der Waals surface area (Å²) in [6.07, 6.45) is 4.27. The van der Waals surface area contributed by atoms with Gasteiger partial charge in [0.1, 0.15) is 0 Å². The van der Waals surface area contributed by atoms with Crippen molar-refractivity contribution in [3.05, 3.63) is 35.1 Å². The molecule has 1 aliphatic heterocycles. The van der Waals surface area contributed by atoms with Gasteiger partial charge in [-0.15, -0.1) is 0 Å². The van der Waals surface area contributed by atoms with Crippen molar-refractivity contribution in [2.45, 2.75) is 6.42 Å². The zero-order valence-corrected chi connectivity index (χ0v) is 13.0. The van der Waals surface area contributed by atoms with Crippen LogP contribution in [-0.4, -0.2) is 57.7 Å². The molecule has 7 nitrogen and oxygen atoms in total. The number of likely N-dealkylation sites (N-methyl/N-ethyl adjacent to an activating group) is 1. The molecule has 1 aliphatic rings. The topological polar surface area (TPSA) is 82.1 Å². The highest BCUT2D eigenvalue weighted by Crippen LogP contribution is 2.26. The normalized spacial score (nSPS) is 14.7. The highest BCUT2D eigenvalue weighted by molar-refractivity contribution is 5.96. The first-order chi connectivity index (χ1) is 10.4. The molecule has 0 aliphatic carbocycles. The maximum Gasteiger partial charge on any atom is 0.339 e. The average molecular weight is 309 g/mol. The molecule has 0 aromatic rings. The fourth-order valence-corrected chi connectivity index (χ4v) is 1.98. The lowest BCUT2D eigenvalue weighted by Gasteiger charge is -2.25. The standard InChI is InChI=1S/C15H19NO6/c1-16-8-10(5-6-13(17)20-2)11(7-14(18)21-3)12(9-16)15(19)22-4/h5-6,9H,7-8H2,1-4H3/b6-5+. The number of esters is 3. The molecule has 0 atom stereocenters. The molecule has 0 unspecified atom stereocenters. The summed E-state index contributed by atoms with van der Waals surface area (Å²) in [5, 5.41) is 0. The Morgan fingerprint density at radius 3 is 2.41 bits per heavy atom. The zero-order valence-electron chi connectivity index (χ0n) is 13.0. The number of carbonyl (C=O) groups excluding carboxylic acids is 3. The van der Waals surface area contributed by atoms with Gasteiger partial charge in [-0.1, -0.05) is 0 Å². The second-order valence-corrected chi connectivity index (χ2v) is 4.56. The van der Waals surface area contributed by atoms with Crippen LogP contribution in [0.4, 0.5) is 0 Å². The van der Waals surface area contributed by atoms with Crippen molar-refractivity contribution in [3.63, 3.8) is 0 Å². The van der Waals surface area contributed by atoms with Crippen LogP contribution in [0.15, 0.2) is 35.1 Å². The summed E-state index contributed by atoms with van der Waals surface area (Å²) in [5.41, 5.74) is 1.37. The van der Waals surface area contributed by atoms with Crippen molar-refractivity contribution in [2.75, 3.05) is 34.9 Å². The Hall–Kier alpha value is -2.57. The number of rotatable bonds is 5. The van der Waals surface area contributed by atoms with Crippen molar-refractivity contribution in [3.8, 4) is 0 Å². The molecule has 0 aromatic heterocycles. The van der Waals surface area contributed by atoms with Gasteiger partial charge in [0.2, 0.25) is 0 Å². The highest BCUT2D eigenvalue weighted by atomic mass is 16.5. The van der Waals surface area contributed by atoms with Gasteiger partial charge in [-0.05, 0) is 17.2 Å². The molecule has 0 amide bonds. The van der Waals surface area contributed by atoms with Crippen LogP contribution in [0.2, 0.25) is 0 Å². The molecular weight excluding hydrogens is 290 g/mol. The Morgan fingerprint density at radius 2 is 1.86 bits per heavy atom. The fraction of sp³-hybridized carbons (Fsp3) is 0.400. The molecule has 0 N–H and O–H groups in total. The number of hydrogen-bond donors (Lipinski definition) is 0. The second kappa shape index (κ2) is 8.02. The first-order valence-corrected chi connectivity index (χ1v) is 6.48. The van der Waals surface area contributed by atoms with Crippen molar-refractivity contribution < 1.29 is 28.6 Å². The fourth-order valence-electron chi connectivity index (χ4n) is 1.98. The minimum atomic E-state index is -0.561. The second-order valence-electron chi connectivity index (χ2n) is 4.56. The van der Waals surface area contributed by atoms with E-state index in [1.807, 2.05) is 0 Å². The predicted molar refractivity (Wildman–Crippen MR) is 77.5 cm³/mol. The number of nitrogens with zero attached hydrogens (tertiary/aromatic N) is 1. The van der Waals surface area contributed by atoms with Crippen LogP contribution in [0.25, 0.3) is 0 Å². The van der Waals surface area contributed by atoms with E-state index in [1.54, 1.807) is 18.1 Å². The van der Waals surface area contributed by atoms with E-state index in [9.17, 15) is 14.4 Å². The van der Waals surface area contributed by atoms with E-state index in [-0.39, 0.29) is 12.0 Å². The van der Waals surface area contributed by atoms with Crippen LogP contribution in [0, 0.1) is 0 Å². The van der Waals surface area contributed by atoms with E-state index >= 15 is 0 Å². The summed E-state index contributed by atoms with van der Waals surface area (Å²) in [6, 6.07) is 0. The minimum absolute atomic E-state index is 0.0912. The van der Waals surface area contributed by atoms with E-state index in [4.69, 9.17) is 4.74 Å². The maximum absolute atomic E-state index is 11.9. The molecule has 7 heteroatoms. The Labute approximate surface area is 128 Å². The van der Waals surface area contributed by atoms with Gasteiger partial charge in [0.15, 0.2) is 0 Å². The van der Waals surface area contributed by atoms with E-state index < -0.39 is 17.9 Å². The van der Waals surface area contributed by atoms with Gasteiger partial charge >= 0.3 is 17.9 Å². The van der Waals surface area contributed by atoms with Crippen LogP contribution in [0.1, 0.15) is 6.42 Å². The lowest BCUT2D eigenvalue weighted by Crippen LogP contribution is -2.25. The van der Waals surface area contributed by atoms with E-state index in [0.29, 0.717) is 17.7 Å². The van der Waals surface area contributed by atoms with Gasteiger partial charge < -0.3 is 19.1 Å². The van der Waals surface area contributed by atoms with Gasteiger partial charge in [0, 0.05) is 25.9 Å². The smallest absolute Gasteiger partial charge is 0.339 e. The third kappa shape index (κ3) is 4.47. The number of hydrogen-bond acceptors (Lipinski definition) is 7. The average Bonchev–Trinajstić information content (AvgIpc) is 2.52.